The molecule has 0 atom stereocenters. The number of nitrogens with zero attached hydrogens (tertiary/aromatic N) is 1. The van der Waals surface area contributed by atoms with Crippen LogP contribution in [0.25, 0.3) is 0 Å². The van der Waals surface area contributed by atoms with Crippen LogP contribution in [-0.2, 0) is 20.6 Å². The highest BCUT2D eigenvalue weighted by molar-refractivity contribution is 7.98. The first-order valence-corrected chi connectivity index (χ1v) is 14.4. The zero-order valence-electron chi connectivity index (χ0n) is 20.6. The van der Waals surface area contributed by atoms with E-state index in [0.717, 1.165) is 23.5 Å². The van der Waals surface area contributed by atoms with Gasteiger partial charge in [0.15, 0.2) is 0 Å². The van der Waals surface area contributed by atoms with Crippen LogP contribution in [0.5, 0.6) is 0 Å². The summed E-state index contributed by atoms with van der Waals surface area (Å²) in [5.41, 5.74) is 4.12. The molecule has 0 radical (unpaired) electrons. The average Bonchev–Trinajstić information content (AvgIpc) is 2.86. The molecule has 0 heterocycles. The highest BCUT2D eigenvalue weighted by atomic mass is 32.2. The highest BCUT2D eigenvalue weighted by Gasteiger charge is 2.27. The van der Waals surface area contributed by atoms with Gasteiger partial charge in [-0.25, -0.2) is 8.42 Å². The molecule has 3 aromatic carbocycles. The Morgan fingerprint density at radius 1 is 0.943 bits per heavy atom. The molecule has 5 nitrogen and oxygen atoms in total. The van der Waals surface area contributed by atoms with Crippen molar-refractivity contribution in [2.24, 2.45) is 0 Å². The average molecular weight is 511 g/mol. The fourth-order valence-corrected chi connectivity index (χ4v) is 5.89. The van der Waals surface area contributed by atoms with E-state index in [2.05, 4.69) is 50.4 Å². The smallest absolute Gasteiger partial charge is 0.264 e. The van der Waals surface area contributed by atoms with Crippen molar-refractivity contribution in [1.29, 1.82) is 0 Å². The van der Waals surface area contributed by atoms with Crippen molar-refractivity contribution >= 4 is 33.4 Å². The van der Waals surface area contributed by atoms with E-state index in [1.807, 2.05) is 23.9 Å². The van der Waals surface area contributed by atoms with Crippen LogP contribution in [0.2, 0.25) is 0 Å². The summed E-state index contributed by atoms with van der Waals surface area (Å²) in [5.74, 6) is 1.86. The fourth-order valence-electron chi connectivity index (χ4n) is 3.52. The molecule has 0 saturated carbocycles. The lowest BCUT2D eigenvalue weighted by atomic mass is 10.0. The van der Waals surface area contributed by atoms with E-state index in [4.69, 9.17) is 0 Å². The number of nitrogens with one attached hydrogen (secondary N) is 1. The maximum Gasteiger partial charge on any atom is 0.264 e. The summed E-state index contributed by atoms with van der Waals surface area (Å²) in [6.45, 7) is 6.48. The van der Waals surface area contributed by atoms with Crippen molar-refractivity contribution in [3.05, 3.63) is 95.6 Å². The lowest BCUT2D eigenvalue weighted by Gasteiger charge is -2.24. The maximum atomic E-state index is 13.4. The number of anilines is 1. The third kappa shape index (κ3) is 7.87. The number of hydrogen-bond acceptors (Lipinski definition) is 4. The predicted octanol–water partition coefficient (Wildman–Crippen LogP) is 5.75. The topological polar surface area (TPSA) is 66.5 Å². The zero-order valence-corrected chi connectivity index (χ0v) is 22.2. The summed E-state index contributed by atoms with van der Waals surface area (Å²) < 4.78 is 28.0. The third-order valence-corrected chi connectivity index (χ3v) is 8.55. The molecule has 3 aromatic rings. The fraction of sp³-hybridized carbons (Fsp3) is 0.321. The van der Waals surface area contributed by atoms with E-state index in [0.29, 0.717) is 18.2 Å². The molecule has 0 spiro atoms. The molecule has 0 bridgehead atoms. The van der Waals surface area contributed by atoms with Crippen LogP contribution in [0, 0.1) is 6.92 Å². The van der Waals surface area contributed by atoms with Crippen molar-refractivity contribution in [1.82, 2.24) is 5.32 Å². The molecule has 1 amide bonds. The van der Waals surface area contributed by atoms with Crippen molar-refractivity contribution in [2.75, 3.05) is 23.1 Å². The molecule has 0 aliphatic rings. The second-order valence-corrected chi connectivity index (χ2v) is 11.8. The summed E-state index contributed by atoms with van der Waals surface area (Å²) >= 11 is 1.82. The predicted molar refractivity (Wildman–Crippen MR) is 146 cm³/mol. The number of rotatable bonds is 12. The van der Waals surface area contributed by atoms with Gasteiger partial charge in [0, 0.05) is 12.3 Å². The Morgan fingerprint density at radius 2 is 1.60 bits per heavy atom. The van der Waals surface area contributed by atoms with Crippen LogP contribution in [0.4, 0.5) is 5.69 Å². The van der Waals surface area contributed by atoms with Gasteiger partial charge in [-0.3, -0.25) is 9.10 Å². The zero-order chi connectivity index (χ0) is 25.3. The number of carbonyl (C=O) groups is 1. The van der Waals surface area contributed by atoms with Crippen LogP contribution >= 0.6 is 11.8 Å². The maximum absolute atomic E-state index is 13.4. The molecule has 0 aromatic heterocycles. The first-order chi connectivity index (χ1) is 16.8. The molecule has 3 rings (SSSR count). The van der Waals surface area contributed by atoms with E-state index in [1.165, 1.54) is 15.4 Å². The van der Waals surface area contributed by atoms with Gasteiger partial charge in [0.05, 0.1) is 10.6 Å². The van der Waals surface area contributed by atoms with Gasteiger partial charge in [0.25, 0.3) is 10.0 Å². The second-order valence-electron chi connectivity index (χ2n) is 8.81. The Bertz CT molecular complexity index is 1180. The molecule has 0 fully saturated rings. The summed E-state index contributed by atoms with van der Waals surface area (Å²) in [4.78, 5) is 12.9. The SMILES string of the molecule is Cc1ccc(CSCCCNC(=O)CN(c2ccc(C(C)C)cc2)S(=O)(=O)c2ccccc2)cc1. The van der Waals surface area contributed by atoms with Crippen molar-refractivity contribution in [3.63, 3.8) is 0 Å². The van der Waals surface area contributed by atoms with E-state index in [-0.39, 0.29) is 17.3 Å². The largest absolute Gasteiger partial charge is 0.354 e. The molecule has 0 aliphatic heterocycles. The molecular formula is C28H34N2O3S2. The van der Waals surface area contributed by atoms with Crippen molar-refractivity contribution < 1.29 is 13.2 Å². The number of thioether (sulfide) groups is 1. The van der Waals surface area contributed by atoms with Crippen LogP contribution < -0.4 is 9.62 Å². The van der Waals surface area contributed by atoms with Gasteiger partial charge in [-0.15, -0.1) is 0 Å². The van der Waals surface area contributed by atoms with Crippen LogP contribution in [-0.4, -0.2) is 33.2 Å². The van der Waals surface area contributed by atoms with Gasteiger partial charge in [0.2, 0.25) is 5.91 Å². The highest BCUT2D eigenvalue weighted by Crippen LogP contribution is 2.25. The Kier molecular flexibility index (Phi) is 9.81. The Morgan fingerprint density at radius 3 is 2.23 bits per heavy atom. The Hall–Kier alpha value is -2.77. The molecule has 0 aliphatic carbocycles. The lowest BCUT2D eigenvalue weighted by Crippen LogP contribution is -2.41. The number of carbonyl (C=O) groups excluding carboxylic acids is 1. The Labute approximate surface area is 214 Å². The standard InChI is InChI=1S/C28H34N2O3S2/c1-22(2)25-14-16-26(17-15-25)30(35(32,33)27-8-5-4-6-9-27)20-28(31)29-18-7-19-34-21-24-12-10-23(3)11-13-24/h4-6,8-17,22H,7,18-21H2,1-3H3,(H,29,31). The third-order valence-electron chi connectivity index (χ3n) is 5.64. The van der Waals surface area contributed by atoms with E-state index < -0.39 is 10.0 Å². The second kappa shape index (κ2) is 12.8. The van der Waals surface area contributed by atoms with Gasteiger partial charge in [0.1, 0.15) is 6.54 Å². The first-order valence-electron chi connectivity index (χ1n) is 11.8. The molecule has 1 N–H and O–H groups in total. The van der Waals surface area contributed by atoms with Gasteiger partial charge in [-0.2, -0.15) is 11.8 Å². The summed E-state index contributed by atoms with van der Waals surface area (Å²) in [5, 5.41) is 2.88. The normalized spacial score (nSPS) is 11.4. The van der Waals surface area contributed by atoms with E-state index in [9.17, 15) is 13.2 Å². The molecule has 186 valence electrons. The van der Waals surface area contributed by atoms with Gasteiger partial charge < -0.3 is 5.32 Å². The summed E-state index contributed by atoms with van der Waals surface area (Å²) in [7, 11) is -3.89. The summed E-state index contributed by atoms with van der Waals surface area (Å²) in [6, 6.07) is 24.1. The van der Waals surface area contributed by atoms with E-state index >= 15 is 0 Å². The molecule has 0 saturated heterocycles. The van der Waals surface area contributed by atoms with E-state index in [1.54, 1.807) is 42.5 Å². The van der Waals surface area contributed by atoms with Crippen molar-refractivity contribution in [3.8, 4) is 0 Å². The van der Waals surface area contributed by atoms with Gasteiger partial charge >= 0.3 is 0 Å². The molecule has 0 unspecified atom stereocenters. The summed E-state index contributed by atoms with van der Waals surface area (Å²) in [6.07, 6.45) is 0.816. The van der Waals surface area contributed by atoms with Crippen LogP contribution in [0.3, 0.4) is 0 Å². The minimum absolute atomic E-state index is 0.160. The number of hydrogen-bond donors (Lipinski definition) is 1. The van der Waals surface area contributed by atoms with Crippen LogP contribution in [0.1, 0.15) is 42.9 Å². The molecular weight excluding hydrogens is 476 g/mol. The lowest BCUT2D eigenvalue weighted by molar-refractivity contribution is -0.119. The Balaban J connectivity index is 1.59. The quantitative estimate of drug-likeness (QED) is 0.315. The molecule has 7 heteroatoms. The van der Waals surface area contributed by atoms with Crippen LogP contribution in [0.15, 0.2) is 83.8 Å². The monoisotopic (exact) mass is 510 g/mol. The minimum Gasteiger partial charge on any atom is -0.354 e. The number of aryl methyl sites for hydroxylation is 1. The number of benzene rings is 3. The number of amides is 1. The minimum atomic E-state index is -3.89. The van der Waals surface area contributed by atoms with Gasteiger partial charge in [-0.05, 0) is 60.4 Å². The van der Waals surface area contributed by atoms with Crippen molar-refractivity contribution in [2.45, 2.75) is 43.8 Å². The van der Waals surface area contributed by atoms with Gasteiger partial charge in [-0.1, -0.05) is 74.0 Å². The first kappa shape index (κ1) is 26.8. The molecule has 35 heavy (non-hydrogen) atoms. The number of sulfonamides is 1.